The molecule has 0 spiro atoms. The molecule has 13 heavy (non-hydrogen) atoms. The monoisotopic (exact) mass is 176 g/mol. The third-order valence-electron chi connectivity index (χ3n) is 1.52. The van der Waals surface area contributed by atoms with Gasteiger partial charge >= 0.3 is 0 Å². The molecule has 4 nitrogen and oxygen atoms in total. The Morgan fingerprint density at radius 3 is 3.00 bits per heavy atom. The maximum atomic E-state index is 8.73. The summed E-state index contributed by atoms with van der Waals surface area (Å²) in [6.07, 6.45) is 1.51. The highest BCUT2D eigenvalue weighted by molar-refractivity contribution is 5.49. The SMILES string of the molecule is CC(C)CNc1nnccc1C#N. The van der Waals surface area contributed by atoms with Crippen LogP contribution < -0.4 is 5.32 Å². The van der Waals surface area contributed by atoms with E-state index in [1.807, 2.05) is 0 Å². The van der Waals surface area contributed by atoms with Gasteiger partial charge in [0.15, 0.2) is 5.82 Å². The largest absolute Gasteiger partial charge is 0.367 e. The summed E-state index contributed by atoms with van der Waals surface area (Å²) in [5.41, 5.74) is 0.538. The molecule has 68 valence electrons. The quantitative estimate of drug-likeness (QED) is 0.756. The lowest BCUT2D eigenvalue weighted by molar-refractivity contribution is 0.685. The number of rotatable bonds is 3. The van der Waals surface area contributed by atoms with Crippen LogP contribution in [0.4, 0.5) is 5.82 Å². The molecular weight excluding hydrogens is 164 g/mol. The molecule has 1 aromatic heterocycles. The van der Waals surface area contributed by atoms with Crippen molar-refractivity contribution in [1.82, 2.24) is 10.2 Å². The van der Waals surface area contributed by atoms with Crippen LogP contribution in [-0.4, -0.2) is 16.7 Å². The Kier molecular flexibility index (Phi) is 3.21. The summed E-state index contributed by atoms with van der Waals surface area (Å²) in [6, 6.07) is 3.70. The normalized spacial score (nSPS) is 9.69. The molecule has 0 atom stereocenters. The van der Waals surface area contributed by atoms with Gasteiger partial charge < -0.3 is 5.32 Å². The van der Waals surface area contributed by atoms with Crippen LogP contribution in [0.3, 0.4) is 0 Å². The van der Waals surface area contributed by atoms with E-state index in [1.54, 1.807) is 6.07 Å². The molecule has 1 heterocycles. The molecule has 0 aliphatic carbocycles. The van der Waals surface area contributed by atoms with Crippen LogP contribution in [0.1, 0.15) is 19.4 Å². The predicted molar refractivity (Wildman–Crippen MR) is 50.1 cm³/mol. The van der Waals surface area contributed by atoms with E-state index in [-0.39, 0.29) is 0 Å². The Balaban J connectivity index is 2.71. The molecule has 0 aliphatic rings. The first-order chi connectivity index (χ1) is 6.24. The molecule has 0 aliphatic heterocycles. The van der Waals surface area contributed by atoms with E-state index in [1.165, 1.54) is 6.20 Å². The van der Waals surface area contributed by atoms with Crippen LogP contribution in [0.5, 0.6) is 0 Å². The zero-order valence-corrected chi connectivity index (χ0v) is 7.78. The van der Waals surface area contributed by atoms with Gasteiger partial charge in [-0.25, -0.2) is 0 Å². The van der Waals surface area contributed by atoms with Crippen molar-refractivity contribution in [3.05, 3.63) is 17.8 Å². The van der Waals surface area contributed by atoms with Crippen molar-refractivity contribution in [3.8, 4) is 6.07 Å². The van der Waals surface area contributed by atoms with E-state index in [9.17, 15) is 0 Å². The average molecular weight is 176 g/mol. The number of nitriles is 1. The van der Waals surface area contributed by atoms with Crippen LogP contribution in [0, 0.1) is 17.2 Å². The summed E-state index contributed by atoms with van der Waals surface area (Å²) >= 11 is 0. The zero-order valence-electron chi connectivity index (χ0n) is 7.78. The number of anilines is 1. The fourth-order valence-corrected chi connectivity index (χ4v) is 0.853. The van der Waals surface area contributed by atoms with E-state index in [4.69, 9.17) is 5.26 Å². The number of hydrogen-bond acceptors (Lipinski definition) is 4. The van der Waals surface area contributed by atoms with Crippen molar-refractivity contribution in [2.75, 3.05) is 11.9 Å². The summed E-state index contributed by atoms with van der Waals surface area (Å²) in [6.45, 7) is 4.98. The summed E-state index contributed by atoms with van der Waals surface area (Å²) in [5, 5.41) is 19.3. The second-order valence-electron chi connectivity index (χ2n) is 3.18. The topological polar surface area (TPSA) is 61.6 Å². The molecule has 0 unspecified atom stereocenters. The van der Waals surface area contributed by atoms with Crippen LogP contribution in [0.25, 0.3) is 0 Å². The fraction of sp³-hybridized carbons (Fsp3) is 0.444. The Labute approximate surface area is 77.6 Å². The van der Waals surface area contributed by atoms with Crippen molar-refractivity contribution in [3.63, 3.8) is 0 Å². The van der Waals surface area contributed by atoms with Gasteiger partial charge in [-0.15, -0.1) is 5.10 Å². The minimum atomic E-state index is 0.522. The highest BCUT2D eigenvalue weighted by Crippen LogP contribution is 2.08. The van der Waals surface area contributed by atoms with Crippen LogP contribution >= 0.6 is 0 Å². The van der Waals surface area contributed by atoms with E-state index < -0.39 is 0 Å². The van der Waals surface area contributed by atoms with Gasteiger partial charge in [0.1, 0.15) is 6.07 Å². The van der Waals surface area contributed by atoms with Gasteiger partial charge in [-0.3, -0.25) is 0 Å². The van der Waals surface area contributed by atoms with Crippen LogP contribution in [-0.2, 0) is 0 Å². The molecule has 0 aromatic carbocycles. The minimum absolute atomic E-state index is 0.522. The Morgan fingerprint density at radius 2 is 2.38 bits per heavy atom. The second kappa shape index (κ2) is 4.41. The molecule has 0 saturated carbocycles. The average Bonchev–Trinajstić information content (AvgIpc) is 2.15. The highest BCUT2D eigenvalue weighted by Gasteiger charge is 2.02. The molecular formula is C9H12N4. The second-order valence-corrected chi connectivity index (χ2v) is 3.18. The van der Waals surface area contributed by atoms with E-state index >= 15 is 0 Å². The minimum Gasteiger partial charge on any atom is -0.367 e. The first-order valence-corrected chi connectivity index (χ1v) is 4.19. The molecule has 1 aromatic rings. The van der Waals surface area contributed by atoms with Crippen molar-refractivity contribution >= 4 is 5.82 Å². The summed E-state index contributed by atoms with van der Waals surface area (Å²) in [7, 11) is 0. The molecule has 1 N–H and O–H groups in total. The zero-order chi connectivity index (χ0) is 9.68. The van der Waals surface area contributed by atoms with Gasteiger partial charge in [0.05, 0.1) is 11.8 Å². The number of nitrogens with one attached hydrogen (secondary N) is 1. The van der Waals surface area contributed by atoms with Gasteiger partial charge in [-0.2, -0.15) is 10.4 Å². The molecule has 1 rings (SSSR count). The third kappa shape index (κ3) is 2.71. The standard InChI is InChI=1S/C9H12N4/c1-7(2)6-11-9-8(5-10)3-4-12-13-9/h3-4,7H,6H2,1-2H3,(H,11,13). The van der Waals surface area contributed by atoms with Gasteiger partial charge in [-0.05, 0) is 12.0 Å². The number of nitrogens with zero attached hydrogens (tertiary/aromatic N) is 3. The smallest absolute Gasteiger partial charge is 0.166 e. The lowest BCUT2D eigenvalue weighted by atomic mass is 10.2. The lowest BCUT2D eigenvalue weighted by Gasteiger charge is -2.07. The van der Waals surface area contributed by atoms with E-state index in [0.29, 0.717) is 17.3 Å². The van der Waals surface area contributed by atoms with E-state index in [0.717, 1.165) is 6.54 Å². The summed E-state index contributed by atoms with van der Waals surface area (Å²) in [4.78, 5) is 0. The van der Waals surface area contributed by atoms with Crippen LogP contribution in [0.2, 0.25) is 0 Å². The maximum Gasteiger partial charge on any atom is 0.166 e. The van der Waals surface area contributed by atoms with Crippen molar-refractivity contribution < 1.29 is 0 Å². The fourth-order valence-electron chi connectivity index (χ4n) is 0.853. The van der Waals surface area contributed by atoms with Crippen molar-refractivity contribution in [2.24, 2.45) is 5.92 Å². The maximum absolute atomic E-state index is 8.73. The summed E-state index contributed by atoms with van der Waals surface area (Å²) in [5.74, 6) is 1.09. The predicted octanol–water partition coefficient (Wildman–Crippen LogP) is 1.42. The Hall–Kier alpha value is -1.63. The number of aromatic nitrogens is 2. The van der Waals surface area contributed by atoms with E-state index in [2.05, 4.69) is 35.4 Å². The molecule has 0 radical (unpaired) electrons. The van der Waals surface area contributed by atoms with Gasteiger partial charge in [0.25, 0.3) is 0 Å². The molecule has 4 heteroatoms. The van der Waals surface area contributed by atoms with Crippen molar-refractivity contribution in [1.29, 1.82) is 5.26 Å². The van der Waals surface area contributed by atoms with Gasteiger partial charge in [0, 0.05) is 6.54 Å². The third-order valence-corrected chi connectivity index (χ3v) is 1.52. The van der Waals surface area contributed by atoms with Gasteiger partial charge in [-0.1, -0.05) is 13.8 Å². The number of hydrogen-bond donors (Lipinski definition) is 1. The molecule has 0 amide bonds. The first-order valence-electron chi connectivity index (χ1n) is 4.19. The Bertz CT molecular complexity index is 314. The summed E-state index contributed by atoms with van der Waals surface area (Å²) < 4.78 is 0. The van der Waals surface area contributed by atoms with Crippen molar-refractivity contribution in [2.45, 2.75) is 13.8 Å². The van der Waals surface area contributed by atoms with Crippen LogP contribution in [0.15, 0.2) is 12.3 Å². The molecule has 0 fully saturated rings. The lowest BCUT2D eigenvalue weighted by Crippen LogP contribution is -2.10. The first kappa shape index (κ1) is 9.46. The molecule has 0 bridgehead atoms. The Morgan fingerprint density at radius 1 is 1.62 bits per heavy atom. The highest BCUT2D eigenvalue weighted by atomic mass is 15.2. The molecule has 0 saturated heterocycles. The van der Waals surface area contributed by atoms with Gasteiger partial charge in [0.2, 0.25) is 0 Å².